The fraction of sp³-hybridized carbons (Fsp3) is 0.560. The molecule has 0 bridgehead atoms. The number of rotatable bonds is 10. The van der Waals surface area contributed by atoms with Crippen LogP contribution >= 0.6 is 0 Å². The van der Waals surface area contributed by atoms with Gasteiger partial charge >= 0.3 is 0 Å². The molecule has 6 nitrogen and oxygen atoms in total. The summed E-state index contributed by atoms with van der Waals surface area (Å²) < 4.78 is 2.23. The minimum atomic E-state index is -0.0733. The first-order valence-electron chi connectivity index (χ1n) is 11.7. The Labute approximate surface area is 185 Å². The first kappa shape index (κ1) is 23.0. The molecule has 1 fully saturated rings. The number of unbranched alkanes of at least 4 members (excludes halogenated alkanes) is 2. The number of likely N-dealkylation sites (tertiary alicyclic amines) is 1. The largest absolute Gasteiger partial charge is 0.352 e. The number of nitrogens with zero attached hydrogens (tertiary/aromatic N) is 3. The number of nitrogens with one attached hydrogen (secondary N) is 1. The van der Waals surface area contributed by atoms with Gasteiger partial charge in [-0.25, -0.2) is 4.98 Å². The molecule has 2 heterocycles. The molecular formula is C25H36N4O2. The first-order chi connectivity index (χ1) is 15.1. The Morgan fingerprint density at radius 2 is 1.81 bits per heavy atom. The van der Waals surface area contributed by atoms with Gasteiger partial charge in [0.25, 0.3) is 0 Å². The molecule has 6 heteroatoms. The summed E-state index contributed by atoms with van der Waals surface area (Å²) in [4.78, 5) is 31.2. The Hall–Kier alpha value is -2.63. The Bertz CT molecular complexity index is 894. The Balaban J connectivity index is 1.55. The molecule has 1 N–H and O–H groups in total. The van der Waals surface area contributed by atoms with Crippen LogP contribution in [-0.4, -0.2) is 45.9 Å². The van der Waals surface area contributed by atoms with Crippen LogP contribution in [0, 0.1) is 0 Å². The Morgan fingerprint density at radius 3 is 2.55 bits per heavy atom. The lowest BCUT2D eigenvalue weighted by Crippen LogP contribution is -2.32. The summed E-state index contributed by atoms with van der Waals surface area (Å²) in [6.07, 6.45) is 9.08. The maximum absolute atomic E-state index is 12.8. The highest BCUT2D eigenvalue weighted by Gasteiger charge is 2.17. The van der Waals surface area contributed by atoms with E-state index in [-0.39, 0.29) is 11.8 Å². The molecule has 0 aliphatic carbocycles. The smallest absolute Gasteiger partial charge is 0.246 e. The van der Waals surface area contributed by atoms with Gasteiger partial charge in [-0.2, -0.15) is 0 Å². The first-order valence-corrected chi connectivity index (χ1v) is 11.7. The normalized spacial score (nSPS) is 14.4. The molecule has 0 unspecified atom stereocenters. The zero-order valence-corrected chi connectivity index (χ0v) is 18.9. The van der Waals surface area contributed by atoms with Crippen molar-refractivity contribution in [2.24, 2.45) is 0 Å². The van der Waals surface area contributed by atoms with Gasteiger partial charge in [-0.1, -0.05) is 38.0 Å². The number of aromatic nitrogens is 2. The average molecular weight is 425 g/mol. The van der Waals surface area contributed by atoms with Gasteiger partial charge in [0.05, 0.1) is 11.0 Å². The second kappa shape index (κ2) is 11.7. The average Bonchev–Trinajstić information content (AvgIpc) is 2.92. The SMILES string of the molecule is C=C(C)C(=O)NCCCCCc1nc2ccccc2n1CCC(=O)N1CCCCCC1. The number of amides is 2. The van der Waals surface area contributed by atoms with Crippen molar-refractivity contribution in [1.29, 1.82) is 0 Å². The van der Waals surface area contributed by atoms with Crippen LogP contribution in [-0.2, 0) is 22.6 Å². The summed E-state index contributed by atoms with van der Waals surface area (Å²) in [6, 6.07) is 8.18. The highest BCUT2D eigenvalue weighted by atomic mass is 16.2. The maximum Gasteiger partial charge on any atom is 0.246 e. The van der Waals surface area contributed by atoms with E-state index in [4.69, 9.17) is 4.98 Å². The van der Waals surface area contributed by atoms with E-state index in [9.17, 15) is 9.59 Å². The van der Waals surface area contributed by atoms with Gasteiger partial charge in [0.1, 0.15) is 5.82 Å². The van der Waals surface area contributed by atoms with Gasteiger partial charge in [0.15, 0.2) is 0 Å². The Kier molecular flexibility index (Phi) is 8.68. The quantitative estimate of drug-likeness (QED) is 0.458. The zero-order valence-electron chi connectivity index (χ0n) is 18.9. The van der Waals surface area contributed by atoms with Crippen molar-refractivity contribution in [2.75, 3.05) is 19.6 Å². The van der Waals surface area contributed by atoms with Crippen molar-refractivity contribution < 1.29 is 9.59 Å². The second-order valence-electron chi connectivity index (χ2n) is 8.56. The predicted octanol–water partition coefficient (Wildman–Crippen LogP) is 4.23. The zero-order chi connectivity index (χ0) is 22.1. The van der Waals surface area contributed by atoms with Crippen LogP contribution in [0.25, 0.3) is 11.0 Å². The number of imidazole rings is 1. The fourth-order valence-electron chi connectivity index (χ4n) is 4.19. The van der Waals surface area contributed by atoms with Gasteiger partial charge in [0.2, 0.25) is 11.8 Å². The Morgan fingerprint density at radius 1 is 1.06 bits per heavy atom. The van der Waals surface area contributed by atoms with E-state index >= 15 is 0 Å². The summed E-state index contributed by atoms with van der Waals surface area (Å²) in [5, 5.41) is 2.88. The number of hydrogen-bond donors (Lipinski definition) is 1. The third kappa shape index (κ3) is 6.68. The molecule has 2 aromatic rings. The van der Waals surface area contributed by atoms with Crippen LogP contribution < -0.4 is 5.32 Å². The van der Waals surface area contributed by atoms with E-state index in [2.05, 4.69) is 22.5 Å². The molecule has 0 spiro atoms. The van der Waals surface area contributed by atoms with E-state index < -0.39 is 0 Å². The number of hydrogen-bond acceptors (Lipinski definition) is 3. The summed E-state index contributed by atoms with van der Waals surface area (Å²) >= 11 is 0. The molecule has 168 valence electrons. The molecule has 31 heavy (non-hydrogen) atoms. The molecular weight excluding hydrogens is 388 g/mol. The van der Waals surface area contributed by atoms with Crippen LogP contribution in [0.3, 0.4) is 0 Å². The lowest BCUT2D eigenvalue weighted by Gasteiger charge is -2.20. The monoisotopic (exact) mass is 424 g/mol. The molecule has 1 aromatic heterocycles. The van der Waals surface area contributed by atoms with Crippen LogP contribution in [0.5, 0.6) is 0 Å². The van der Waals surface area contributed by atoms with Gasteiger partial charge in [-0.3, -0.25) is 9.59 Å². The van der Waals surface area contributed by atoms with Crippen LogP contribution in [0.15, 0.2) is 36.4 Å². The number of fused-ring (bicyclic) bond motifs is 1. The number of para-hydroxylation sites is 2. The third-order valence-electron chi connectivity index (χ3n) is 5.99. The van der Waals surface area contributed by atoms with Crippen LogP contribution in [0.4, 0.5) is 0 Å². The number of carbonyl (C=O) groups excluding carboxylic acids is 2. The molecule has 0 radical (unpaired) electrons. The van der Waals surface area contributed by atoms with E-state index in [0.717, 1.165) is 68.5 Å². The number of carbonyl (C=O) groups is 2. The molecule has 1 aliphatic rings. The van der Waals surface area contributed by atoms with Crippen molar-refractivity contribution in [3.05, 3.63) is 42.2 Å². The lowest BCUT2D eigenvalue weighted by atomic mass is 10.2. The van der Waals surface area contributed by atoms with Crippen molar-refractivity contribution >= 4 is 22.8 Å². The summed E-state index contributed by atoms with van der Waals surface area (Å²) in [7, 11) is 0. The summed E-state index contributed by atoms with van der Waals surface area (Å²) in [5.74, 6) is 1.24. The van der Waals surface area contributed by atoms with Gasteiger partial charge in [-0.05, 0) is 44.7 Å². The number of benzene rings is 1. The van der Waals surface area contributed by atoms with E-state index in [1.165, 1.54) is 12.8 Å². The van der Waals surface area contributed by atoms with Crippen molar-refractivity contribution in [2.45, 2.75) is 71.3 Å². The predicted molar refractivity (Wildman–Crippen MR) is 125 cm³/mol. The summed E-state index contributed by atoms with van der Waals surface area (Å²) in [6.45, 7) is 8.53. The highest BCUT2D eigenvalue weighted by molar-refractivity contribution is 5.92. The topological polar surface area (TPSA) is 67.2 Å². The summed E-state index contributed by atoms with van der Waals surface area (Å²) in [5.41, 5.74) is 2.65. The minimum Gasteiger partial charge on any atom is -0.352 e. The van der Waals surface area contributed by atoms with Gasteiger partial charge < -0.3 is 14.8 Å². The molecule has 2 amide bonds. The third-order valence-corrected chi connectivity index (χ3v) is 5.99. The lowest BCUT2D eigenvalue weighted by molar-refractivity contribution is -0.131. The standard InChI is InChI=1S/C25H36N4O2/c1-20(2)25(31)26-16-9-5-6-14-23-27-21-12-7-8-13-22(21)29(23)19-15-24(30)28-17-10-3-4-11-18-28/h7-8,12-13H,1,3-6,9-11,14-19H2,2H3,(H,26,31). The van der Waals surface area contributed by atoms with Gasteiger partial charge in [-0.15, -0.1) is 0 Å². The fourth-order valence-corrected chi connectivity index (χ4v) is 4.19. The maximum atomic E-state index is 12.8. The van der Waals surface area contributed by atoms with Crippen LogP contribution in [0.1, 0.15) is 64.1 Å². The molecule has 3 rings (SSSR count). The minimum absolute atomic E-state index is 0.0733. The van der Waals surface area contributed by atoms with Crippen molar-refractivity contribution in [3.8, 4) is 0 Å². The van der Waals surface area contributed by atoms with Gasteiger partial charge in [0, 0.05) is 44.6 Å². The van der Waals surface area contributed by atoms with Crippen LogP contribution in [0.2, 0.25) is 0 Å². The molecule has 1 aromatic carbocycles. The molecule has 1 saturated heterocycles. The van der Waals surface area contributed by atoms with E-state index in [0.29, 0.717) is 25.1 Å². The van der Waals surface area contributed by atoms with E-state index in [1.54, 1.807) is 6.92 Å². The van der Waals surface area contributed by atoms with Crippen molar-refractivity contribution in [1.82, 2.24) is 19.8 Å². The van der Waals surface area contributed by atoms with E-state index in [1.807, 2.05) is 23.1 Å². The van der Waals surface area contributed by atoms with Crippen molar-refractivity contribution in [3.63, 3.8) is 0 Å². The number of aryl methyl sites for hydroxylation is 2. The molecule has 0 atom stereocenters. The second-order valence-corrected chi connectivity index (χ2v) is 8.56. The molecule has 0 saturated carbocycles. The molecule has 1 aliphatic heterocycles. The highest BCUT2D eigenvalue weighted by Crippen LogP contribution is 2.19.